The van der Waals surface area contributed by atoms with Gasteiger partial charge in [0.25, 0.3) is 0 Å². The number of hydrogen-bond acceptors (Lipinski definition) is 4. The summed E-state index contributed by atoms with van der Waals surface area (Å²) in [5, 5.41) is 5.67. The second-order valence-electron chi connectivity index (χ2n) is 6.62. The summed E-state index contributed by atoms with van der Waals surface area (Å²) < 4.78 is 0. The van der Waals surface area contributed by atoms with Crippen molar-refractivity contribution in [2.24, 2.45) is 5.92 Å². The third kappa shape index (κ3) is 2.74. The molecule has 21 heavy (non-hydrogen) atoms. The molecule has 0 bridgehead atoms. The van der Waals surface area contributed by atoms with Crippen LogP contribution in [0.5, 0.6) is 0 Å². The summed E-state index contributed by atoms with van der Waals surface area (Å²) in [6.07, 6.45) is 2.07. The lowest BCUT2D eigenvalue weighted by atomic mass is 9.99. The molecule has 0 aliphatic carbocycles. The molecule has 3 unspecified atom stereocenters. The van der Waals surface area contributed by atoms with Crippen LogP contribution in [0.1, 0.15) is 37.7 Å². The van der Waals surface area contributed by atoms with Crippen molar-refractivity contribution in [3.63, 3.8) is 0 Å². The Hall–Kier alpha value is -0.910. The molecular formula is C16H25N3OS. The van der Waals surface area contributed by atoms with Gasteiger partial charge < -0.3 is 9.80 Å². The Labute approximate surface area is 131 Å². The molecule has 0 radical (unpaired) electrons. The van der Waals surface area contributed by atoms with E-state index in [0.29, 0.717) is 5.92 Å². The zero-order valence-corrected chi connectivity index (χ0v) is 13.9. The van der Waals surface area contributed by atoms with E-state index in [1.165, 1.54) is 11.3 Å². The molecule has 1 aromatic heterocycles. The number of likely N-dealkylation sites (tertiary alicyclic amines) is 1. The van der Waals surface area contributed by atoms with E-state index < -0.39 is 5.54 Å². The van der Waals surface area contributed by atoms with Crippen molar-refractivity contribution in [1.29, 1.82) is 0 Å². The number of rotatable bonds is 4. The zero-order chi connectivity index (χ0) is 15.0. The van der Waals surface area contributed by atoms with E-state index >= 15 is 0 Å². The minimum Gasteiger partial charge on any atom is -0.320 e. The SMILES string of the molecule is CCC1(C)NC(c2cccs2)N(CC2CCN(C)C2)C1=O. The third-order valence-electron chi connectivity index (χ3n) is 4.96. The van der Waals surface area contributed by atoms with Crippen LogP contribution in [0.15, 0.2) is 17.5 Å². The number of hydrogen-bond donors (Lipinski definition) is 1. The van der Waals surface area contributed by atoms with Crippen LogP contribution in [0.2, 0.25) is 0 Å². The quantitative estimate of drug-likeness (QED) is 0.927. The average molecular weight is 307 g/mol. The Balaban J connectivity index is 1.81. The van der Waals surface area contributed by atoms with Gasteiger partial charge in [-0.3, -0.25) is 10.1 Å². The summed E-state index contributed by atoms with van der Waals surface area (Å²) in [6.45, 7) is 7.24. The first-order valence-corrected chi connectivity index (χ1v) is 8.72. The second kappa shape index (κ2) is 5.71. The van der Waals surface area contributed by atoms with Crippen molar-refractivity contribution in [3.8, 4) is 0 Å². The van der Waals surface area contributed by atoms with Crippen molar-refractivity contribution in [3.05, 3.63) is 22.4 Å². The molecule has 116 valence electrons. The number of carbonyl (C=O) groups excluding carboxylic acids is 1. The standard InChI is InChI=1S/C16H25N3OS/c1-4-16(2)15(20)19(11-12-7-8-18(3)10-12)14(17-16)13-6-5-9-21-13/h5-6,9,12,14,17H,4,7-8,10-11H2,1-3H3. The maximum atomic E-state index is 12.9. The lowest BCUT2D eigenvalue weighted by Crippen LogP contribution is -2.43. The van der Waals surface area contributed by atoms with Crippen LogP contribution in [-0.2, 0) is 4.79 Å². The lowest BCUT2D eigenvalue weighted by molar-refractivity contribution is -0.133. The minimum absolute atomic E-state index is 0.0494. The average Bonchev–Trinajstić information content (AvgIpc) is 3.17. The van der Waals surface area contributed by atoms with Crippen molar-refractivity contribution in [2.75, 3.05) is 26.7 Å². The molecule has 3 heterocycles. The predicted molar refractivity (Wildman–Crippen MR) is 86.2 cm³/mol. The molecule has 0 saturated carbocycles. The van der Waals surface area contributed by atoms with E-state index in [2.05, 4.69) is 46.6 Å². The molecule has 1 aromatic rings. The van der Waals surface area contributed by atoms with E-state index in [9.17, 15) is 4.79 Å². The van der Waals surface area contributed by atoms with Gasteiger partial charge in [-0.1, -0.05) is 13.0 Å². The Bertz CT molecular complexity index is 504. The lowest BCUT2D eigenvalue weighted by Gasteiger charge is -2.26. The fraction of sp³-hybridized carbons (Fsp3) is 0.688. The van der Waals surface area contributed by atoms with Crippen LogP contribution in [0.25, 0.3) is 0 Å². The summed E-state index contributed by atoms with van der Waals surface area (Å²) in [7, 11) is 2.16. The maximum Gasteiger partial charge on any atom is 0.244 e. The van der Waals surface area contributed by atoms with Crippen molar-refractivity contribution >= 4 is 17.2 Å². The number of thiophene rings is 1. The smallest absolute Gasteiger partial charge is 0.244 e. The van der Waals surface area contributed by atoms with Crippen molar-refractivity contribution in [1.82, 2.24) is 15.1 Å². The fourth-order valence-electron chi connectivity index (χ4n) is 3.44. The van der Waals surface area contributed by atoms with Gasteiger partial charge in [0.2, 0.25) is 5.91 Å². The van der Waals surface area contributed by atoms with Crippen LogP contribution < -0.4 is 5.32 Å². The number of carbonyl (C=O) groups is 1. The predicted octanol–water partition coefficient (Wildman–Crippen LogP) is 2.30. The van der Waals surface area contributed by atoms with Gasteiger partial charge in [0, 0.05) is 18.0 Å². The summed E-state index contributed by atoms with van der Waals surface area (Å²) in [5.41, 5.74) is -0.417. The first-order chi connectivity index (χ1) is 10.0. The molecule has 0 spiro atoms. The highest BCUT2D eigenvalue weighted by atomic mass is 32.1. The van der Waals surface area contributed by atoms with Gasteiger partial charge in [0.15, 0.2) is 0 Å². The van der Waals surface area contributed by atoms with Crippen LogP contribution in [-0.4, -0.2) is 47.9 Å². The number of nitrogens with one attached hydrogen (secondary N) is 1. The van der Waals surface area contributed by atoms with Gasteiger partial charge in [-0.25, -0.2) is 0 Å². The van der Waals surface area contributed by atoms with Gasteiger partial charge in [-0.15, -0.1) is 11.3 Å². The normalized spacial score (nSPS) is 34.0. The first-order valence-electron chi connectivity index (χ1n) is 7.84. The van der Waals surface area contributed by atoms with E-state index in [1.54, 1.807) is 11.3 Å². The van der Waals surface area contributed by atoms with E-state index in [1.807, 2.05) is 6.92 Å². The Morgan fingerprint density at radius 3 is 2.90 bits per heavy atom. The monoisotopic (exact) mass is 307 g/mol. The van der Waals surface area contributed by atoms with E-state index in [-0.39, 0.29) is 12.1 Å². The van der Waals surface area contributed by atoms with Crippen molar-refractivity contribution < 1.29 is 4.79 Å². The Morgan fingerprint density at radius 2 is 2.33 bits per heavy atom. The van der Waals surface area contributed by atoms with Gasteiger partial charge in [-0.2, -0.15) is 0 Å². The Kier molecular flexibility index (Phi) is 4.08. The molecule has 2 saturated heterocycles. The highest BCUT2D eigenvalue weighted by molar-refractivity contribution is 7.10. The third-order valence-corrected chi connectivity index (χ3v) is 5.89. The fourth-order valence-corrected chi connectivity index (χ4v) is 4.23. The molecule has 2 aliphatic heterocycles. The minimum atomic E-state index is -0.417. The van der Waals surface area contributed by atoms with Gasteiger partial charge in [-0.05, 0) is 50.7 Å². The molecule has 3 atom stereocenters. The molecule has 4 nitrogen and oxygen atoms in total. The summed E-state index contributed by atoms with van der Waals surface area (Å²) in [6, 6.07) is 4.19. The Morgan fingerprint density at radius 1 is 1.52 bits per heavy atom. The molecule has 3 rings (SSSR count). The maximum absolute atomic E-state index is 12.9. The van der Waals surface area contributed by atoms with Crippen LogP contribution >= 0.6 is 11.3 Å². The molecule has 1 N–H and O–H groups in total. The molecule has 2 fully saturated rings. The number of nitrogens with zero attached hydrogens (tertiary/aromatic N) is 2. The summed E-state index contributed by atoms with van der Waals surface area (Å²) >= 11 is 1.73. The van der Waals surface area contributed by atoms with Gasteiger partial charge >= 0.3 is 0 Å². The topological polar surface area (TPSA) is 35.6 Å². The molecule has 0 aromatic carbocycles. The first kappa shape index (κ1) is 15.0. The van der Waals surface area contributed by atoms with Gasteiger partial charge in [0.1, 0.15) is 6.17 Å². The van der Waals surface area contributed by atoms with E-state index in [0.717, 1.165) is 26.1 Å². The van der Waals surface area contributed by atoms with Crippen LogP contribution in [0.3, 0.4) is 0 Å². The molecule has 2 aliphatic rings. The van der Waals surface area contributed by atoms with Crippen molar-refractivity contribution in [2.45, 2.75) is 38.4 Å². The highest BCUT2D eigenvalue weighted by Gasteiger charge is 2.48. The summed E-state index contributed by atoms with van der Waals surface area (Å²) in [4.78, 5) is 18.6. The largest absolute Gasteiger partial charge is 0.320 e. The van der Waals surface area contributed by atoms with Crippen LogP contribution in [0, 0.1) is 5.92 Å². The molecule has 1 amide bonds. The molecular weight excluding hydrogens is 282 g/mol. The van der Waals surface area contributed by atoms with Crippen LogP contribution in [0.4, 0.5) is 0 Å². The van der Waals surface area contributed by atoms with E-state index in [4.69, 9.17) is 0 Å². The zero-order valence-electron chi connectivity index (χ0n) is 13.1. The summed E-state index contributed by atoms with van der Waals surface area (Å²) in [5.74, 6) is 0.861. The highest BCUT2D eigenvalue weighted by Crippen LogP contribution is 2.35. The number of amides is 1. The second-order valence-corrected chi connectivity index (χ2v) is 7.60. The molecule has 5 heteroatoms. The van der Waals surface area contributed by atoms with Gasteiger partial charge in [0.05, 0.1) is 5.54 Å².